The largest absolute Gasteiger partial charge is 0.487 e. The highest BCUT2D eigenvalue weighted by molar-refractivity contribution is 9.11. The van der Waals surface area contributed by atoms with E-state index in [-0.39, 0.29) is 17.9 Å². The van der Waals surface area contributed by atoms with Gasteiger partial charge in [0.05, 0.1) is 14.5 Å². The summed E-state index contributed by atoms with van der Waals surface area (Å²) in [6.45, 7) is 0.284. The van der Waals surface area contributed by atoms with E-state index >= 15 is 0 Å². The lowest BCUT2D eigenvalue weighted by Gasteiger charge is -2.12. The van der Waals surface area contributed by atoms with E-state index in [9.17, 15) is 23.2 Å². The Labute approximate surface area is 215 Å². The lowest BCUT2D eigenvalue weighted by atomic mass is 10.1. The molecule has 174 valence electrons. The molecule has 0 aliphatic carbocycles. The Morgan fingerprint density at radius 3 is 2.32 bits per heavy atom. The molecule has 0 fully saturated rings. The van der Waals surface area contributed by atoms with Gasteiger partial charge in [-0.15, -0.1) is 0 Å². The number of anilines is 1. The van der Waals surface area contributed by atoms with Crippen molar-refractivity contribution in [2.24, 2.45) is 0 Å². The van der Waals surface area contributed by atoms with E-state index in [2.05, 4.69) is 37.2 Å². The van der Waals surface area contributed by atoms with Crippen molar-refractivity contribution in [1.29, 1.82) is 5.26 Å². The molecule has 34 heavy (non-hydrogen) atoms. The smallest absolute Gasteiger partial charge is 0.416 e. The van der Waals surface area contributed by atoms with Gasteiger partial charge in [-0.3, -0.25) is 4.79 Å². The standard InChI is InChI=1S/C24H14Br2ClF3N2O2/c25-20-9-15(10-21(26)22(20)34-13-14-4-6-18(27)7-5-14)8-16(12-31)23(33)32-19-3-1-2-17(11-19)24(28,29)30/h1-11H,13H2,(H,32,33)/b16-8+. The number of rotatable bonds is 6. The summed E-state index contributed by atoms with van der Waals surface area (Å²) < 4.78 is 45.7. The maximum absolute atomic E-state index is 12.9. The van der Waals surface area contributed by atoms with E-state index in [1.165, 1.54) is 18.2 Å². The molecule has 0 atom stereocenters. The minimum absolute atomic E-state index is 0.0747. The molecule has 0 spiro atoms. The molecule has 10 heteroatoms. The molecule has 4 nitrogen and oxygen atoms in total. The van der Waals surface area contributed by atoms with E-state index in [4.69, 9.17) is 16.3 Å². The Hall–Kier alpha value is -2.80. The zero-order valence-corrected chi connectivity index (χ0v) is 21.0. The van der Waals surface area contributed by atoms with Crippen molar-refractivity contribution in [2.45, 2.75) is 12.8 Å². The van der Waals surface area contributed by atoms with E-state index in [1.807, 2.05) is 12.1 Å². The molecule has 0 radical (unpaired) electrons. The second-order valence-corrected chi connectivity index (χ2v) is 9.08. The molecule has 0 unspecified atom stereocenters. The Balaban J connectivity index is 1.77. The predicted molar refractivity (Wildman–Crippen MR) is 131 cm³/mol. The van der Waals surface area contributed by atoms with Crippen molar-refractivity contribution in [3.8, 4) is 11.8 Å². The van der Waals surface area contributed by atoms with E-state index < -0.39 is 17.6 Å². The molecule has 0 bridgehead atoms. The third-order valence-electron chi connectivity index (χ3n) is 4.44. The minimum Gasteiger partial charge on any atom is -0.487 e. The molecule has 0 saturated heterocycles. The first-order valence-electron chi connectivity index (χ1n) is 9.53. The van der Waals surface area contributed by atoms with Gasteiger partial charge in [-0.1, -0.05) is 29.8 Å². The van der Waals surface area contributed by atoms with Crippen molar-refractivity contribution in [2.75, 3.05) is 5.32 Å². The number of ether oxygens (including phenoxy) is 1. The number of carbonyl (C=O) groups is 1. The van der Waals surface area contributed by atoms with Crippen molar-refractivity contribution < 1.29 is 22.7 Å². The summed E-state index contributed by atoms with van der Waals surface area (Å²) >= 11 is 12.7. The molecule has 0 aliphatic heterocycles. The lowest BCUT2D eigenvalue weighted by Crippen LogP contribution is -2.14. The number of carbonyl (C=O) groups excluding carboxylic acids is 1. The summed E-state index contributed by atoms with van der Waals surface area (Å²) in [5.41, 5.74) is 0.133. The quantitative estimate of drug-likeness (QED) is 0.226. The monoisotopic (exact) mass is 612 g/mol. The van der Waals surface area contributed by atoms with Gasteiger partial charge in [-0.2, -0.15) is 18.4 Å². The molecule has 3 aromatic carbocycles. The summed E-state index contributed by atoms with van der Waals surface area (Å²) in [7, 11) is 0. The SMILES string of the molecule is N#C/C(=C\c1cc(Br)c(OCc2ccc(Cl)cc2)c(Br)c1)C(=O)Nc1cccc(C(F)(F)F)c1. The van der Waals surface area contributed by atoms with Crippen LogP contribution >= 0.6 is 43.5 Å². The van der Waals surface area contributed by atoms with E-state index in [0.29, 0.717) is 25.3 Å². The van der Waals surface area contributed by atoms with Crippen LogP contribution in [0, 0.1) is 11.3 Å². The Bertz CT molecular complexity index is 1260. The van der Waals surface area contributed by atoms with Crippen LogP contribution < -0.4 is 10.1 Å². The van der Waals surface area contributed by atoms with Crippen LogP contribution in [0.5, 0.6) is 5.75 Å². The van der Waals surface area contributed by atoms with Crippen LogP contribution in [0.3, 0.4) is 0 Å². The topological polar surface area (TPSA) is 62.1 Å². The van der Waals surface area contributed by atoms with Crippen LogP contribution in [0.15, 0.2) is 75.2 Å². The molecule has 3 rings (SSSR count). The molecule has 0 heterocycles. The van der Waals surface area contributed by atoms with Crippen molar-refractivity contribution >= 4 is 61.1 Å². The van der Waals surface area contributed by atoms with Gasteiger partial charge in [0.2, 0.25) is 0 Å². The fourth-order valence-corrected chi connectivity index (χ4v) is 4.40. The Morgan fingerprint density at radius 1 is 1.09 bits per heavy atom. The highest BCUT2D eigenvalue weighted by Gasteiger charge is 2.30. The number of nitriles is 1. The van der Waals surface area contributed by atoms with Crippen LogP contribution in [0.1, 0.15) is 16.7 Å². The normalized spacial score (nSPS) is 11.6. The van der Waals surface area contributed by atoms with Crippen LogP contribution in [0.2, 0.25) is 5.02 Å². The fourth-order valence-electron chi connectivity index (χ4n) is 2.82. The number of nitrogens with one attached hydrogen (secondary N) is 1. The Morgan fingerprint density at radius 2 is 1.74 bits per heavy atom. The second kappa shape index (κ2) is 11.1. The van der Waals surface area contributed by atoms with Crippen LogP contribution in [-0.2, 0) is 17.6 Å². The van der Waals surface area contributed by atoms with Gasteiger partial charge in [0.15, 0.2) is 0 Å². The molecule has 3 aromatic rings. The molecule has 0 saturated carbocycles. The minimum atomic E-state index is -4.55. The number of nitrogens with zero attached hydrogens (tertiary/aromatic N) is 1. The first kappa shape index (κ1) is 25.8. The number of amides is 1. The van der Waals surface area contributed by atoms with Crippen molar-refractivity contribution in [3.05, 3.63) is 96.9 Å². The van der Waals surface area contributed by atoms with Gasteiger partial charge in [0.1, 0.15) is 24.0 Å². The van der Waals surface area contributed by atoms with Crippen LogP contribution in [-0.4, -0.2) is 5.91 Å². The van der Waals surface area contributed by atoms with Gasteiger partial charge >= 0.3 is 6.18 Å². The molecule has 0 aliphatic rings. The first-order valence-corrected chi connectivity index (χ1v) is 11.5. The molecule has 0 aromatic heterocycles. The number of hydrogen-bond donors (Lipinski definition) is 1. The van der Waals surface area contributed by atoms with Gasteiger partial charge in [-0.05, 0) is 91.5 Å². The first-order chi connectivity index (χ1) is 16.1. The number of hydrogen-bond acceptors (Lipinski definition) is 3. The lowest BCUT2D eigenvalue weighted by molar-refractivity contribution is -0.137. The summed E-state index contributed by atoms with van der Waals surface area (Å²) in [5.74, 6) is -0.323. The van der Waals surface area contributed by atoms with Crippen molar-refractivity contribution in [3.63, 3.8) is 0 Å². The molecule has 1 N–H and O–H groups in total. The highest BCUT2D eigenvalue weighted by Crippen LogP contribution is 2.36. The zero-order chi connectivity index (χ0) is 24.9. The van der Waals surface area contributed by atoms with E-state index in [0.717, 1.165) is 17.7 Å². The number of alkyl halides is 3. The third-order valence-corrected chi connectivity index (χ3v) is 5.87. The Kier molecular flexibility index (Phi) is 8.42. The summed E-state index contributed by atoms with van der Waals surface area (Å²) in [4.78, 5) is 12.5. The number of benzene rings is 3. The average Bonchev–Trinajstić information content (AvgIpc) is 2.77. The molecular formula is C24H14Br2ClF3N2O2. The summed E-state index contributed by atoms with van der Waals surface area (Å²) in [6.07, 6.45) is -3.23. The molecular weight excluding hydrogens is 601 g/mol. The second-order valence-electron chi connectivity index (χ2n) is 6.93. The predicted octanol–water partition coefficient (Wildman–Crippen LogP) is 8.01. The molecule has 1 amide bonds. The van der Waals surface area contributed by atoms with Gasteiger partial charge < -0.3 is 10.1 Å². The van der Waals surface area contributed by atoms with Crippen molar-refractivity contribution in [1.82, 2.24) is 0 Å². The summed E-state index contributed by atoms with van der Waals surface area (Å²) in [6, 6.07) is 16.4. The highest BCUT2D eigenvalue weighted by atomic mass is 79.9. The van der Waals surface area contributed by atoms with Gasteiger partial charge in [0.25, 0.3) is 5.91 Å². The maximum atomic E-state index is 12.9. The third kappa shape index (κ3) is 6.86. The van der Waals surface area contributed by atoms with Gasteiger partial charge in [0, 0.05) is 10.7 Å². The average molecular weight is 615 g/mol. The van der Waals surface area contributed by atoms with E-state index in [1.54, 1.807) is 30.3 Å². The maximum Gasteiger partial charge on any atom is 0.416 e. The van der Waals surface area contributed by atoms with Gasteiger partial charge in [-0.25, -0.2) is 0 Å². The number of halogens is 6. The van der Waals surface area contributed by atoms with Crippen LogP contribution in [0.4, 0.5) is 18.9 Å². The fraction of sp³-hybridized carbons (Fsp3) is 0.0833. The van der Waals surface area contributed by atoms with Crippen LogP contribution in [0.25, 0.3) is 6.08 Å². The zero-order valence-electron chi connectivity index (χ0n) is 17.1. The summed E-state index contributed by atoms with van der Waals surface area (Å²) in [5, 5.41) is 12.4.